The number of fused-ring (bicyclic) bond motifs is 1. The Morgan fingerprint density at radius 3 is 2.68 bits per heavy atom. The molecule has 156 valence electrons. The summed E-state index contributed by atoms with van der Waals surface area (Å²) in [6.07, 6.45) is 2.49. The Kier molecular flexibility index (Phi) is 8.51. The largest absolute Gasteiger partial charge is 0.381 e. The monoisotopic (exact) mass is 501 g/mol. The summed E-state index contributed by atoms with van der Waals surface area (Å²) in [7, 11) is 6.03. The van der Waals surface area contributed by atoms with Gasteiger partial charge in [0.05, 0.1) is 0 Å². The van der Waals surface area contributed by atoms with Crippen LogP contribution in [0.15, 0.2) is 29.3 Å². The van der Waals surface area contributed by atoms with Gasteiger partial charge < -0.3 is 25.6 Å². The fourth-order valence-corrected chi connectivity index (χ4v) is 3.91. The van der Waals surface area contributed by atoms with Gasteiger partial charge in [-0.15, -0.1) is 24.0 Å². The van der Waals surface area contributed by atoms with E-state index in [-0.39, 0.29) is 41.3 Å². The Bertz CT molecular complexity index is 689. The number of guanidine groups is 1. The summed E-state index contributed by atoms with van der Waals surface area (Å²) >= 11 is 0. The number of benzene rings is 1. The van der Waals surface area contributed by atoms with E-state index in [1.54, 1.807) is 7.05 Å². The van der Waals surface area contributed by atoms with E-state index in [1.807, 2.05) is 18.2 Å². The molecule has 0 aliphatic carbocycles. The lowest BCUT2D eigenvalue weighted by Crippen LogP contribution is -2.57. The lowest BCUT2D eigenvalue weighted by atomic mass is 9.88. The average Bonchev–Trinajstić information content (AvgIpc) is 2.68. The van der Waals surface area contributed by atoms with Gasteiger partial charge in [-0.2, -0.15) is 0 Å². The van der Waals surface area contributed by atoms with Crippen LogP contribution in [0, 0.1) is 0 Å². The van der Waals surface area contributed by atoms with E-state index in [1.165, 1.54) is 5.56 Å². The fraction of sp³-hybridized carbons (Fsp3) is 0.600. The van der Waals surface area contributed by atoms with Crippen molar-refractivity contribution in [3.8, 4) is 0 Å². The Hall–Kier alpha value is -1.39. The van der Waals surface area contributed by atoms with Crippen LogP contribution in [-0.4, -0.2) is 69.8 Å². The number of rotatable bonds is 5. The maximum Gasteiger partial charge on any atom is 0.225 e. The molecule has 8 heteroatoms. The molecule has 1 aromatic carbocycles. The zero-order chi connectivity index (χ0) is 19.3. The molecule has 1 unspecified atom stereocenters. The summed E-state index contributed by atoms with van der Waals surface area (Å²) in [6, 6.07) is 8.01. The number of para-hydroxylation sites is 1. The number of nitrogens with zero attached hydrogens (tertiary/aromatic N) is 2. The molecule has 28 heavy (non-hydrogen) atoms. The molecular weight excluding hydrogens is 469 g/mol. The maximum atomic E-state index is 12.0. The van der Waals surface area contributed by atoms with E-state index >= 15 is 0 Å². The molecule has 1 aromatic rings. The highest BCUT2D eigenvalue weighted by Gasteiger charge is 2.35. The predicted molar refractivity (Wildman–Crippen MR) is 124 cm³/mol. The second-order valence-corrected chi connectivity index (χ2v) is 7.57. The highest BCUT2D eigenvalue weighted by atomic mass is 127. The number of carbonyl (C=O) groups is 1. The minimum Gasteiger partial charge on any atom is -0.381 e. The van der Waals surface area contributed by atoms with E-state index in [9.17, 15) is 4.79 Å². The number of amides is 1. The first-order chi connectivity index (χ1) is 13.0. The number of hydrogen-bond acceptors (Lipinski definition) is 4. The zero-order valence-corrected chi connectivity index (χ0v) is 19.3. The van der Waals surface area contributed by atoms with Crippen LogP contribution in [0.1, 0.15) is 30.7 Å². The molecule has 0 aromatic heterocycles. The molecule has 2 aliphatic rings. The highest BCUT2D eigenvalue weighted by Crippen LogP contribution is 2.31. The second kappa shape index (κ2) is 10.4. The van der Waals surface area contributed by atoms with Crippen LogP contribution in [0.25, 0.3) is 0 Å². The molecule has 2 heterocycles. The number of hydrogen-bond donors (Lipinski definition) is 3. The average molecular weight is 501 g/mol. The minimum atomic E-state index is 0. The number of anilines is 1. The molecule has 7 nitrogen and oxygen atoms in total. The van der Waals surface area contributed by atoms with Crippen LogP contribution in [-0.2, 0) is 9.53 Å². The predicted octanol–water partition coefficient (Wildman–Crippen LogP) is 2.01. The van der Waals surface area contributed by atoms with Crippen LogP contribution in [0.4, 0.5) is 5.69 Å². The van der Waals surface area contributed by atoms with E-state index in [0.717, 1.165) is 44.2 Å². The molecule has 1 fully saturated rings. The maximum absolute atomic E-state index is 12.0. The van der Waals surface area contributed by atoms with Gasteiger partial charge in [0.2, 0.25) is 5.91 Å². The molecule has 0 radical (unpaired) electrons. The fourth-order valence-electron chi connectivity index (χ4n) is 3.91. The molecule has 0 spiro atoms. The number of halogens is 1. The summed E-state index contributed by atoms with van der Waals surface area (Å²) in [6.45, 7) is 3.06. The van der Waals surface area contributed by atoms with Gasteiger partial charge in [0, 0.05) is 56.9 Å². The van der Waals surface area contributed by atoms with Gasteiger partial charge in [0.1, 0.15) is 0 Å². The quantitative estimate of drug-likeness (QED) is 0.327. The third-order valence-electron chi connectivity index (χ3n) is 5.80. The minimum absolute atomic E-state index is 0. The number of carbonyl (C=O) groups excluding carboxylic acids is 1. The Morgan fingerprint density at radius 1 is 1.29 bits per heavy atom. The Morgan fingerprint density at radius 2 is 2.00 bits per heavy atom. The van der Waals surface area contributed by atoms with E-state index < -0.39 is 0 Å². The zero-order valence-electron chi connectivity index (χ0n) is 17.0. The van der Waals surface area contributed by atoms with Gasteiger partial charge >= 0.3 is 0 Å². The first-order valence-corrected chi connectivity index (χ1v) is 9.62. The molecule has 2 aliphatic heterocycles. The molecular formula is C20H32IN5O2. The third-order valence-corrected chi connectivity index (χ3v) is 5.80. The van der Waals surface area contributed by atoms with Crippen molar-refractivity contribution in [2.24, 2.45) is 4.99 Å². The SMILES string of the molecule is CN=C(NCC1CC(=O)Nc2ccccc21)NCC1(N(C)C)CCOCC1.I. The molecule has 1 amide bonds. The standard InChI is InChI=1S/C20H31N5O2.HI/c1-21-19(23-14-20(25(2)3)8-10-27-11-9-20)22-13-15-12-18(26)24-17-7-5-4-6-16(15)17;/h4-7,15H,8-14H2,1-3H3,(H,24,26)(H2,21,22,23);1H. The van der Waals surface area contributed by atoms with Gasteiger partial charge in [-0.25, -0.2) is 0 Å². The lowest BCUT2D eigenvalue weighted by molar-refractivity contribution is -0.116. The van der Waals surface area contributed by atoms with Crippen LogP contribution >= 0.6 is 24.0 Å². The first-order valence-electron chi connectivity index (χ1n) is 9.62. The van der Waals surface area contributed by atoms with Gasteiger partial charge in [-0.05, 0) is 38.6 Å². The van der Waals surface area contributed by atoms with Crippen LogP contribution in [0.5, 0.6) is 0 Å². The number of ether oxygens (including phenoxy) is 1. The van der Waals surface area contributed by atoms with Crippen LogP contribution < -0.4 is 16.0 Å². The third kappa shape index (κ3) is 5.36. The molecule has 3 N–H and O–H groups in total. The van der Waals surface area contributed by atoms with E-state index in [2.05, 4.69) is 46.0 Å². The smallest absolute Gasteiger partial charge is 0.225 e. The van der Waals surface area contributed by atoms with Crippen molar-refractivity contribution in [3.05, 3.63) is 29.8 Å². The van der Waals surface area contributed by atoms with E-state index in [0.29, 0.717) is 13.0 Å². The van der Waals surface area contributed by atoms with Crippen molar-refractivity contribution in [1.29, 1.82) is 0 Å². The Balaban J connectivity index is 0.00000280. The van der Waals surface area contributed by atoms with Crippen molar-refractivity contribution in [2.45, 2.75) is 30.7 Å². The number of likely N-dealkylation sites (N-methyl/N-ethyl adjacent to an activating group) is 1. The Labute approximate surface area is 184 Å². The van der Waals surface area contributed by atoms with Crippen LogP contribution in [0.2, 0.25) is 0 Å². The second-order valence-electron chi connectivity index (χ2n) is 7.57. The summed E-state index contributed by atoms with van der Waals surface area (Å²) in [5, 5.41) is 9.83. The van der Waals surface area contributed by atoms with Gasteiger partial charge in [0.15, 0.2) is 5.96 Å². The van der Waals surface area contributed by atoms with E-state index in [4.69, 9.17) is 4.74 Å². The molecule has 1 atom stereocenters. The van der Waals surface area contributed by atoms with Gasteiger partial charge in [0.25, 0.3) is 0 Å². The summed E-state index contributed by atoms with van der Waals surface area (Å²) in [5.41, 5.74) is 2.17. The van der Waals surface area contributed by atoms with Crippen molar-refractivity contribution < 1.29 is 9.53 Å². The van der Waals surface area contributed by atoms with Gasteiger partial charge in [-0.3, -0.25) is 9.79 Å². The lowest BCUT2D eigenvalue weighted by Gasteiger charge is -2.43. The normalized spacial score (nSPS) is 21.4. The van der Waals surface area contributed by atoms with Crippen molar-refractivity contribution in [3.63, 3.8) is 0 Å². The molecule has 1 saturated heterocycles. The number of nitrogens with one attached hydrogen (secondary N) is 3. The summed E-state index contributed by atoms with van der Waals surface area (Å²) in [4.78, 5) is 18.7. The molecule has 0 saturated carbocycles. The summed E-state index contributed by atoms with van der Waals surface area (Å²) in [5.74, 6) is 0.975. The number of aliphatic imine (C=N–C) groups is 1. The van der Waals surface area contributed by atoms with Crippen molar-refractivity contribution in [2.75, 3.05) is 52.8 Å². The topological polar surface area (TPSA) is 78.0 Å². The summed E-state index contributed by atoms with van der Waals surface area (Å²) < 4.78 is 5.54. The van der Waals surface area contributed by atoms with Crippen molar-refractivity contribution in [1.82, 2.24) is 15.5 Å². The van der Waals surface area contributed by atoms with Crippen molar-refractivity contribution >= 4 is 41.5 Å². The molecule has 0 bridgehead atoms. The first kappa shape index (κ1) is 22.9. The molecule has 3 rings (SSSR count). The highest BCUT2D eigenvalue weighted by molar-refractivity contribution is 14.0. The van der Waals surface area contributed by atoms with Gasteiger partial charge in [-0.1, -0.05) is 18.2 Å². The van der Waals surface area contributed by atoms with Crippen LogP contribution in [0.3, 0.4) is 0 Å².